The van der Waals surface area contributed by atoms with Crippen molar-refractivity contribution in [2.45, 2.75) is 19.0 Å². The Morgan fingerprint density at radius 3 is 2.33 bits per heavy atom. The Labute approximate surface area is 120 Å². The second kappa shape index (κ2) is 5.51. The molecule has 1 fully saturated rings. The third-order valence-electron chi connectivity index (χ3n) is 4.03. The average Bonchev–Trinajstić information content (AvgIpc) is 2.46. The summed E-state index contributed by atoms with van der Waals surface area (Å²) in [6.07, 6.45) is -2.63. The minimum atomic E-state index is -4.39. The van der Waals surface area contributed by atoms with Crippen LogP contribution < -0.4 is 16.4 Å². The van der Waals surface area contributed by atoms with Crippen LogP contribution in [-0.2, 0) is 11.0 Å². The van der Waals surface area contributed by atoms with Gasteiger partial charge in [0.05, 0.1) is 11.0 Å². The smallest absolute Gasteiger partial charge is 0.369 e. The monoisotopic (exact) mass is 302 g/mol. The zero-order chi connectivity index (χ0) is 15.7. The SMILES string of the molecule is NCC1(C(N)=O)CCN(c2ccc(C(F)(F)F)cn2)CC1. The van der Waals surface area contributed by atoms with Gasteiger partial charge >= 0.3 is 6.18 Å². The van der Waals surface area contributed by atoms with E-state index in [-0.39, 0.29) is 6.54 Å². The second-order valence-electron chi connectivity index (χ2n) is 5.24. The predicted molar refractivity (Wildman–Crippen MR) is 71.4 cm³/mol. The van der Waals surface area contributed by atoms with Crippen molar-refractivity contribution in [1.29, 1.82) is 0 Å². The van der Waals surface area contributed by atoms with Crippen molar-refractivity contribution in [3.8, 4) is 0 Å². The van der Waals surface area contributed by atoms with Crippen LogP contribution in [0.15, 0.2) is 18.3 Å². The van der Waals surface area contributed by atoms with Gasteiger partial charge in [0.15, 0.2) is 0 Å². The van der Waals surface area contributed by atoms with Crippen molar-refractivity contribution in [1.82, 2.24) is 4.98 Å². The number of hydrogen-bond acceptors (Lipinski definition) is 4. The van der Waals surface area contributed by atoms with E-state index < -0.39 is 23.1 Å². The van der Waals surface area contributed by atoms with E-state index in [2.05, 4.69) is 4.98 Å². The van der Waals surface area contributed by atoms with E-state index >= 15 is 0 Å². The number of alkyl halides is 3. The number of carbonyl (C=O) groups excluding carboxylic acids is 1. The minimum Gasteiger partial charge on any atom is -0.369 e. The molecule has 21 heavy (non-hydrogen) atoms. The van der Waals surface area contributed by atoms with Crippen LogP contribution in [-0.4, -0.2) is 30.5 Å². The van der Waals surface area contributed by atoms with E-state index in [4.69, 9.17) is 11.5 Å². The first-order chi connectivity index (χ1) is 9.78. The van der Waals surface area contributed by atoms with Crippen molar-refractivity contribution in [2.24, 2.45) is 16.9 Å². The highest BCUT2D eigenvalue weighted by atomic mass is 19.4. The van der Waals surface area contributed by atoms with Crippen molar-refractivity contribution in [2.75, 3.05) is 24.5 Å². The lowest BCUT2D eigenvalue weighted by Gasteiger charge is -2.39. The lowest BCUT2D eigenvalue weighted by molar-refractivity contribution is -0.137. The summed E-state index contributed by atoms with van der Waals surface area (Å²) >= 11 is 0. The molecule has 2 heterocycles. The number of pyridine rings is 1. The van der Waals surface area contributed by atoms with E-state index in [1.807, 2.05) is 4.90 Å². The molecule has 1 amide bonds. The van der Waals surface area contributed by atoms with E-state index in [0.717, 1.165) is 12.3 Å². The van der Waals surface area contributed by atoms with Crippen LogP contribution in [0.3, 0.4) is 0 Å². The molecule has 1 aromatic heterocycles. The number of aromatic nitrogens is 1. The van der Waals surface area contributed by atoms with Gasteiger partial charge in [0, 0.05) is 25.8 Å². The Morgan fingerprint density at radius 2 is 1.95 bits per heavy atom. The molecule has 116 valence electrons. The number of piperidine rings is 1. The van der Waals surface area contributed by atoms with Crippen LogP contribution in [0.4, 0.5) is 19.0 Å². The van der Waals surface area contributed by atoms with Gasteiger partial charge in [0.25, 0.3) is 0 Å². The summed E-state index contributed by atoms with van der Waals surface area (Å²) < 4.78 is 37.4. The number of carbonyl (C=O) groups is 1. The van der Waals surface area contributed by atoms with E-state index in [1.54, 1.807) is 0 Å². The molecule has 0 spiro atoms. The van der Waals surface area contributed by atoms with Gasteiger partial charge in [0.1, 0.15) is 5.82 Å². The standard InChI is InChI=1S/C13H17F3N4O/c14-13(15,16)9-1-2-10(19-7-9)20-5-3-12(8-17,4-6-20)11(18)21/h1-2,7H,3-6,8,17H2,(H2,18,21). The number of amides is 1. The lowest BCUT2D eigenvalue weighted by Crippen LogP contribution is -2.51. The van der Waals surface area contributed by atoms with Gasteiger partial charge in [-0.05, 0) is 25.0 Å². The normalized spacial score (nSPS) is 18.6. The van der Waals surface area contributed by atoms with E-state index in [1.165, 1.54) is 6.07 Å². The number of halogens is 3. The summed E-state index contributed by atoms with van der Waals surface area (Å²) in [7, 11) is 0. The predicted octanol–water partition coefficient (Wildman–Crippen LogP) is 1.13. The minimum absolute atomic E-state index is 0.177. The highest BCUT2D eigenvalue weighted by Crippen LogP contribution is 2.33. The van der Waals surface area contributed by atoms with Crippen molar-refractivity contribution in [3.63, 3.8) is 0 Å². The molecule has 0 saturated carbocycles. The maximum absolute atomic E-state index is 12.5. The van der Waals surface area contributed by atoms with Gasteiger partial charge in [-0.1, -0.05) is 0 Å². The van der Waals surface area contributed by atoms with E-state index in [9.17, 15) is 18.0 Å². The largest absolute Gasteiger partial charge is 0.417 e. The Balaban J connectivity index is 2.07. The zero-order valence-corrected chi connectivity index (χ0v) is 11.4. The van der Waals surface area contributed by atoms with Crippen LogP contribution >= 0.6 is 0 Å². The number of rotatable bonds is 3. The summed E-state index contributed by atoms with van der Waals surface area (Å²) in [6.45, 7) is 1.15. The highest BCUT2D eigenvalue weighted by Gasteiger charge is 2.39. The van der Waals surface area contributed by atoms with Crippen LogP contribution in [0.1, 0.15) is 18.4 Å². The van der Waals surface area contributed by atoms with Crippen LogP contribution in [0.2, 0.25) is 0 Å². The first kappa shape index (κ1) is 15.6. The number of hydrogen-bond donors (Lipinski definition) is 2. The van der Waals surface area contributed by atoms with Gasteiger partial charge in [-0.25, -0.2) is 4.98 Å². The molecule has 1 aliphatic heterocycles. The van der Waals surface area contributed by atoms with Crippen molar-refractivity contribution in [3.05, 3.63) is 23.9 Å². The molecular formula is C13H17F3N4O. The molecule has 0 atom stereocenters. The third kappa shape index (κ3) is 3.10. The molecule has 0 bridgehead atoms. The topological polar surface area (TPSA) is 85.2 Å². The molecule has 1 saturated heterocycles. The summed E-state index contributed by atoms with van der Waals surface area (Å²) in [5.41, 5.74) is 9.52. The van der Waals surface area contributed by atoms with Crippen molar-refractivity contribution < 1.29 is 18.0 Å². The van der Waals surface area contributed by atoms with Crippen molar-refractivity contribution >= 4 is 11.7 Å². The molecule has 4 N–H and O–H groups in total. The Bertz CT molecular complexity index is 507. The van der Waals surface area contributed by atoms with Gasteiger partial charge in [-0.3, -0.25) is 4.79 Å². The average molecular weight is 302 g/mol. The third-order valence-corrected chi connectivity index (χ3v) is 4.03. The number of nitrogens with zero attached hydrogens (tertiary/aromatic N) is 2. The highest BCUT2D eigenvalue weighted by molar-refractivity contribution is 5.81. The summed E-state index contributed by atoms with van der Waals surface area (Å²) in [5.74, 6) is 0.0307. The maximum Gasteiger partial charge on any atom is 0.417 e. The lowest BCUT2D eigenvalue weighted by atomic mass is 9.78. The van der Waals surface area contributed by atoms with Crippen LogP contribution in [0.5, 0.6) is 0 Å². The molecule has 0 aromatic carbocycles. The molecule has 0 radical (unpaired) electrons. The van der Waals surface area contributed by atoms with Gasteiger partial charge < -0.3 is 16.4 Å². The molecule has 0 unspecified atom stereocenters. The van der Waals surface area contributed by atoms with Crippen LogP contribution in [0, 0.1) is 5.41 Å². The van der Waals surface area contributed by atoms with Gasteiger partial charge in [0.2, 0.25) is 5.91 Å². The first-order valence-electron chi connectivity index (χ1n) is 6.57. The summed E-state index contributed by atoms with van der Waals surface area (Å²) in [5, 5.41) is 0. The number of anilines is 1. The first-order valence-corrected chi connectivity index (χ1v) is 6.57. The molecule has 5 nitrogen and oxygen atoms in total. The fraction of sp³-hybridized carbons (Fsp3) is 0.538. The zero-order valence-electron chi connectivity index (χ0n) is 11.4. The molecule has 8 heteroatoms. The number of primary amides is 1. The summed E-state index contributed by atoms with van der Waals surface area (Å²) in [6, 6.07) is 2.34. The Kier molecular flexibility index (Phi) is 4.08. The fourth-order valence-corrected chi connectivity index (χ4v) is 2.46. The Hall–Kier alpha value is -1.83. The molecule has 1 aromatic rings. The summed E-state index contributed by atoms with van der Waals surface area (Å²) in [4.78, 5) is 17.2. The molecule has 0 aliphatic carbocycles. The van der Waals surface area contributed by atoms with Gasteiger partial charge in [-0.15, -0.1) is 0 Å². The molecular weight excluding hydrogens is 285 g/mol. The second-order valence-corrected chi connectivity index (χ2v) is 5.24. The van der Waals surface area contributed by atoms with Gasteiger partial charge in [-0.2, -0.15) is 13.2 Å². The fourth-order valence-electron chi connectivity index (χ4n) is 2.46. The molecule has 1 aliphatic rings. The quantitative estimate of drug-likeness (QED) is 0.876. The molecule has 2 rings (SSSR count). The van der Waals surface area contributed by atoms with Crippen LogP contribution in [0.25, 0.3) is 0 Å². The number of nitrogens with two attached hydrogens (primary N) is 2. The Morgan fingerprint density at radius 1 is 1.33 bits per heavy atom. The van der Waals surface area contributed by atoms with E-state index in [0.29, 0.717) is 31.7 Å². The maximum atomic E-state index is 12.5.